The van der Waals surface area contributed by atoms with Crippen LogP contribution in [0.1, 0.15) is 0 Å². The molecule has 3 nitrogen and oxygen atoms in total. The van der Waals surface area contributed by atoms with Gasteiger partial charge in [-0.3, -0.25) is 0 Å². The summed E-state index contributed by atoms with van der Waals surface area (Å²) in [5.74, 6) is 0. The molecular formula is CNa2O3Pd. The van der Waals surface area contributed by atoms with Crippen LogP contribution >= 0.6 is 0 Å². The Morgan fingerprint density at radius 2 is 1.14 bits per heavy atom. The summed E-state index contributed by atoms with van der Waals surface area (Å²) < 4.78 is 0. The van der Waals surface area contributed by atoms with Gasteiger partial charge in [0.1, 0.15) is 0 Å². The van der Waals surface area contributed by atoms with Crippen LogP contribution in [-0.2, 0) is 20.4 Å². The summed E-state index contributed by atoms with van der Waals surface area (Å²) >= 11 is 0. The molecule has 0 aromatic carbocycles. The smallest absolute Gasteiger partial charge is 0.652 e. The Morgan fingerprint density at radius 1 is 1.14 bits per heavy atom. The topological polar surface area (TPSA) is 63.2 Å². The number of hydrogen-bond donors (Lipinski definition) is 0. The number of carbonyl (C=O) groups excluding carboxylic acids is 1. The first-order chi connectivity index (χ1) is 1.73. The van der Waals surface area contributed by atoms with E-state index in [1.807, 2.05) is 0 Å². The predicted molar refractivity (Wildman–Crippen MR) is 5.40 cm³/mol. The molecule has 0 fully saturated rings. The molecule has 0 aromatic rings. The van der Waals surface area contributed by atoms with Crippen molar-refractivity contribution < 1.29 is 94.5 Å². The Hall–Kier alpha value is 1.93. The average molecular weight is 212 g/mol. The van der Waals surface area contributed by atoms with Gasteiger partial charge in [0.15, 0.2) is 0 Å². The van der Waals surface area contributed by atoms with Gasteiger partial charge in [-0.15, -0.1) is 0 Å². The van der Waals surface area contributed by atoms with E-state index in [9.17, 15) is 0 Å². The number of rotatable bonds is 0. The van der Waals surface area contributed by atoms with Crippen molar-refractivity contribution in [3.8, 4) is 0 Å². The second-order valence-electron chi connectivity index (χ2n) is 0.250. The van der Waals surface area contributed by atoms with Crippen molar-refractivity contribution in [3.05, 3.63) is 0 Å². The second kappa shape index (κ2) is 15.7. The minimum Gasteiger partial charge on any atom is -0.652 e. The van der Waals surface area contributed by atoms with Gasteiger partial charge >= 0.3 is 59.1 Å². The molecule has 0 amide bonds. The molecule has 0 aliphatic heterocycles. The minimum absolute atomic E-state index is 0. The number of hydrogen-bond acceptors (Lipinski definition) is 3. The minimum atomic E-state index is -2.33. The van der Waals surface area contributed by atoms with E-state index in [-0.39, 0.29) is 79.5 Å². The standard InChI is InChI=1S/CH2O3.2Na.Pd/c2-1(3)4;;;/h(H2,2,3,4);;;/q;2*+1;/p-2. The van der Waals surface area contributed by atoms with Gasteiger partial charge in [0.2, 0.25) is 0 Å². The number of carboxylic acid groups (broad SMARTS) is 2. The molecule has 0 aliphatic rings. The van der Waals surface area contributed by atoms with Gasteiger partial charge in [-0.2, -0.15) is 0 Å². The van der Waals surface area contributed by atoms with E-state index in [1.165, 1.54) is 0 Å². The second-order valence-corrected chi connectivity index (χ2v) is 0.250. The zero-order chi connectivity index (χ0) is 3.58. The van der Waals surface area contributed by atoms with Crippen molar-refractivity contribution in [1.82, 2.24) is 0 Å². The fourth-order valence-electron chi connectivity index (χ4n) is 0. The van der Waals surface area contributed by atoms with Crippen molar-refractivity contribution >= 4 is 6.16 Å². The Balaban J connectivity index is -0.0000000150. The van der Waals surface area contributed by atoms with E-state index in [0.29, 0.717) is 0 Å². The van der Waals surface area contributed by atoms with Crippen molar-refractivity contribution in [2.24, 2.45) is 0 Å². The quantitative estimate of drug-likeness (QED) is 0.375. The van der Waals surface area contributed by atoms with Gasteiger partial charge in [-0.05, 0) is 6.16 Å². The molecule has 0 saturated carbocycles. The van der Waals surface area contributed by atoms with Crippen molar-refractivity contribution in [3.63, 3.8) is 0 Å². The van der Waals surface area contributed by atoms with Crippen LogP contribution in [0.25, 0.3) is 0 Å². The fraction of sp³-hybridized carbons (Fsp3) is 0. The van der Waals surface area contributed by atoms with E-state index in [1.54, 1.807) is 0 Å². The van der Waals surface area contributed by atoms with Crippen molar-refractivity contribution in [1.29, 1.82) is 0 Å². The van der Waals surface area contributed by atoms with Crippen molar-refractivity contribution in [2.45, 2.75) is 0 Å². The van der Waals surface area contributed by atoms with Gasteiger partial charge in [0.05, 0.1) is 0 Å². The summed E-state index contributed by atoms with van der Waals surface area (Å²) in [5.41, 5.74) is 0. The predicted octanol–water partition coefficient (Wildman–Crippen LogP) is -8.44. The van der Waals surface area contributed by atoms with Gasteiger partial charge in [0.25, 0.3) is 0 Å². The molecule has 0 N–H and O–H groups in total. The van der Waals surface area contributed by atoms with Gasteiger partial charge in [-0.25, -0.2) is 0 Å². The third-order valence-corrected chi connectivity index (χ3v) is 0. The van der Waals surface area contributed by atoms with Gasteiger partial charge < -0.3 is 15.0 Å². The van der Waals surface area contributed by atoms with Crippen LogP contribution < -0.4 is 69.3 Å². The third-order valence-electron chi connectivity index (χ3n) is 0. The van der Waals surface area contributed by atoms with Crippen LogP contribution in [0.3, 0.4) is 0 Å². The van der Waals surface area contributed by atoms with Gasteiger partial charge in [-0.1, -0.05) is 0 Å². The molecule has 34 valence electrons. The molecule has 0 rings (SSSR count). The first kappa shape index (κ1) is 23.1. The SMILES string of the molecule is O=C([O-])[O-].[Na+].[Na+].[Pd]. The molecule has 6 heteroatoms. The fourth-order valence-corrected chi connectivity index (χ4v) is 0. The van der Waals surface area contributed by atoms with E-state index >= 15 is 0 Å². The monoisotopic (exact) mass is 212 g/mol. The molecule has 0 spiro atoms. The Bertz CT molecular complexity index is 35.9. The molecule has 0 unspecified atom stereocenters. The summed E-state index contributed by atoms with van der Waals surface area (Å²) in [6, 6.07) is 0. The maximum Gasteiger partial charge on any atom is 1.00 e. The molecule has 0 radical (unpaired) electrons. The van der Waals surface area contributed by atoms with E-state index in [0.717, 1.165) is 0 Å². The normalized spacial score (nSPS) is 3.43. The average Bonchev–Trinajstić information content (AvgIpc) is 0.811. The molecule has 0 heterocycles. The summed E-state index contributed by atoms with van der Waals surface area (Å²) in [4.78, 5) is 8.33. The molecule has 0 aliphatic carbocycles. The Labute approximate surface area is 99.1 Å². The number of carbonyl (C=O) groups is 1. The van der Waals surface area contributed by atoms with Crippen LogP contribution in [0.2, 0.25) is 0 Å². The largest absolute Gasteiger partial charge is 1.00 e. The van der Waals surface area contributed by atoms with E-state index in [2.05, 4.69) is 0 Å². The molecule has 0 bridgehead atoms. The van der Waals surface area contributed by atoms with Crippen LogP contribution in [0.4, 0.5) is 4.79 Å². The summed E-state index contributed by atoms with van der Waals surface area (Å²) in [6.45, 7) is 0. The van der Waals surface area contributed by atoms with Gasteiger partial charge in [0, 0.05) is 20.4 Å². The Morgan fingerprint density at radius 3 is 1.14 bits per heavy atom. The zero-order valence-corrected chi connectivity index (χ0v) is 9.60. The van der Waals surface area contributed by atoms with E-state index in [4.69, 9.17) is 15.0 Å². The first-order valence-corrected chi connectivity index (χ1v) is 0.612. The molecule has 0 saturated heterocycles. The zero-order valence-electron chi connectivity index (χ0n) is 4.04. The summed E-state index contributed by atoms with van der Waals surface area (Å²) in [6.07, 6.45) is -2.33. The van der Waals surface area contributed by atoms with Crippen LogP contribution in [0.15, 0.2) is 0 Å². The van der Waals surface area contributed by atoms with Crippen LogP contribution in [0.5, 0.6) is 0 Å². The Kier molecular flexibility index (Phi) is 51.7. The van der Waals surface area contributed by atoms with E-state index < -0.39 is 6.16 Å². The molecular weight excluding hydrogens is 212 g/mol. The van der Waals surface area contributed by atoms with Crippen LogP contribution in [-0.4, -0.2) is 6.16 Å². The van der Waals surface area contributed by atoms with Crippen molar-refractivity contribution in [2.75, 3.05) is 0 Å². The molecule has 0 aromatic heterocycles. The molecule has 0 atom stereocenters. The maximum absolute atomic E-state index is 8.33. The summed E-state index contributed by atoms with van der Waals surface area (Å²) in [5, 5.41) is 16.7. The van der Waals surface area contributed by atoms with Crippen LogP contribution in [0, 0.1) is 0 Å². The third kappa shape index (κ3) is 74.8. The summed E-state index contributed by atoms with van der Waals surface area (Å²) in [7, 11) is 0. The molecule has 7 heavy (non-hydrogen) atoms. The maximum atomic E-state index is 8.33. The first-order valence-electron chi connectivity index (χ1n) is 0.612.